The van der Waals surface area contributed by atoms with Crippen LogP contribution in [0.15, 0.2) is 6.07 Å². The number of hydrogen-bond donors (Lipinski definition) is 1. The fourth-order valence-electron chi connectivity index (χ4n) is 1.55. The molecule has 0 spiro atoms. The molecule has 1 aromatic rings. The molecule has 1 heterocycles. The van der Waals surface area contributed by atoms with Crippen molar-refractivity contribution in [1.29, 1.82) is 0 Å². The van der Waals surface area contributed by atoms with E-state index in [1.165, 1.54) is 18.5 Å². The van der Waals surface area contributed by atoms with Crippen LogP contribution in [0, 0.1) is 0 Å². The van der Waals surface area contributed by atoms with Gasteiger partial charge in [0.05, 0.1) is 5.69 Å². The third-order valence-electron chi connectivity index (χ3n) is 2.37. The van der Waals surface area contributed by atoms with Gasteiger partial charge >= 0.3 is 0 Å². The summed E-state index contributed by atoms with van der Waals surface area (Å²) in [5, 5.41) is 4.40. The van der Waals surface area contributed by atoms with Gasteiger partial charge in [0.15, 0.2) is 0 Å². The second-order valence-electron chi connectivity index (χ2n) is 3.35. The molecule has 0 unspecified atom stereocenters. The zero-order valence-electron chi connectivity index (χ0n) is 7.45. The second kappa shape index (κ2) is 2.90. The summed E-state index contributed by atoms with van der Waals surface area (Å²) in [6.45, 7) is 3.65. The maximum Gasteiger partial charge on any atom is 0.0763 e. The summed E-state index contributed by atoms with van der Waals surface area (Å²) in [5.41, 5.74) is 7.95. The highest BCUT2D eigenvalue weighted by atomic mass is 15.3. The Morgan fingerprint density at radius 3 is 2.92 bits per heavy atom. The molecule has 0 aliphatic heterocycles. The van der Waals surface area contributed by atoms with Crippen LogP contribution in [0.4, 0.5) is 0 Å². The highest BCUT2D eigenvalue weighted by Crippen LogP contribution is 2.40. The van der Waals surface area contributed by atoms with Crippen molar-refractivity contribution < 1.29 is 0 Å². The predicted molar refractivity (Wildman–Crippen MR) is 47.8 cm³/mol. The van der Waals surface area contributed by atoms with Gasteiger partial charge < -0.3 is 5.73 Å². The largest absolute Gasteiger partial charge is 0.325 e. The van der Waals surface area contributed by atoms with Crippen LogP contribution in [0.3, 0.4) is 0 Å². The van der Waals surface area contributed by atoms with E-state index in [9.17, 15) is 0 Å². The first-order valence-electron chi connectivity index (χ1n) is 4.61. The lowest BCUT2D eigenvalue weighted by Gasteiger charge is -2.00. The molecular weight excluding hydrogens is 150 g/mol. The highest BCUT2D eigenvalue weighted by molar-refractivity contribution is 5.19. The average molecular weight is 165 g/mol. The fraction of sp³-hybridized carbons (Fsp3) is 0.667. The van der Waals surface area contributed by atoms with Gasteiger partial charge in [-0.1, -0.05) is 0 Å². The number of nitrogens with zero attached hydrogens (tertiary/aromatic N) is 2. The lowest BCUT2D eigenvalue weighted by Crippen LogP contribution is -2.02. The van der Waals surface area contributed by atoms with Crippen LogP contribution in [0.25, 0.3) is 0 Å². The number of aromatic nitrogens is 2. The Morgan fingerprint density at radius 1 is 1.67 bits per heavy atom. The first kappa shape index (κ1) is 7.80. The van der Waals surface area contributed by atoms with Gasteiger partial charge in [-0.2, -0.15) is 5.10 Å². The Kier molecular flexibility index (Phi) is 1.89. The van der Waals surface area contributed by atoms with Gasteiger partial charge in [-0.15, -0.1) is 0 Å². The van der Waals surface area contributed by atoms with E-state index in [-0.39, 0.29) is 0 Å². The minimum absolute atomic E-state index is 0.562. The lowest BCUT2D eigenvalue weighted by molar-refractivity contribution is 0.614. The highest BCUT2D eigenvalue weighted by Gasteiger charge is 2.27. The predicted octanol–water partition coefficient (Wildman–Crippen LogP) is 1.24. The third-order valence-corrected chi connectivity index (χ3v) is 2.37. The molecule has 12 heavy (non-hydrogen) atoms. The van der Waals surface area contributed by atoms with Crippen molar-refractivity contribution in [2.24, 2.45) is 5.73 Å². The van der Waals surface area contributed by atoms with E-state index in [2.05, 4.69) is 22.8 Å². The minimum Gasteiger partial charge on any atom is -0.325 e. The van der Waals surface area contributed by atoms with Crippen LogP contribution in [-0.2, 0) is 13.1 Å². The van der Waals surface area contributed by atoms with Crippen molar-refractivity contribution in [2.75, 3.05) is 0 Å². The van der Waals surface area contributed by atoms with Gasteiger partial charge in [-0.25, -0.2) is 0 Å². The topological polar surface area (TPSA) is 43.8 Å². The zero-order valence-corrected chi connectivity index (χ0v) is 7.45. The Balaban J connectivity index is 2.29. The molecule has 3 heteroatoms. The van der Waals surface area contributed by atoms with Gasteiger partial charge in [-0.05, 0) is 25.8 Å². The molecule has 1 saturated carbocycles. The molecule has 3 nitrogen and oxygen atoms in total. The first-order chi connectivity index (χ1) is 5.85. The third kappa shape index (κ3) is 1.25. The van der Waals surface area contributed by atoms with E-state index in [4.69, 9.17) is 5.73 Å². The van der Waals surface area contributed by atoms with Crippen molar-refractivity contribution in [1.82, 2.24) is 9.78 Å². The number of nitrogens with two attached hydrogens (primary N) is 1. The molecule has 0 aromatic carbocycles. The summed E-state index contributed by atoms with van der Waals surface area (Å²) in [7, 11) is 0. The van der Waals surface area contributed by atoms with Gasteiger partial charge in [0.2, 0.25) is 0 Å². The van der Waals surface area contributed by atoms with Crippen LogP contribution in [0.1, 0.15) is 37.1 Å². The summed E-state index contributed by atoms with van der Waals surface area (Å²) in [5.74, 6) is 0.776. The summed E-state index contributed by atoms with van der Waals surface area (Å²) in [4.78, 5) is 0. The zero-order chi connectivity index (χ0) is 8.55. The van der Waals surface area contributed by atoms with Crippen LogP contribution >= 0.6 is 0 Å². The van der Waals surface area contributed by atoms with Crippen molar-refractivity contribution in [3.05, 3.63) is 17.5 Å². The molecule has 0 bridgehead atoms. The molecule has 2 rings (SSSR count). The molecule has 66 valence electrons. The summed E-state index contributed by atoms with van der Waals surface area (Å²) in [6, 6.07) is 2.15. The lowest BCUT2D eigenvalue weighted by atomic mass is 10.2. The minimum atomic E-state index is 0.562. The van der Waals surface area contributed by atoms with Crippen LogP contribution < -0.4 is 5.73 Å². The van der Waals surface area contributed by atoms with Crippen molar-refractivity contribution in [2.45, 2.75) is 38.8 Å². The molecule has 2 N–H and O–H groups in total. The molecular formula is C9H15N3. The smallest absolute Gasteiger partial charge is 0.0763 e. The Bertz CT molecular complexity index is 273. The van der Waals surface area contributed by atoms with E-state index < -0.39 is 0 Å². The number of aryl methyl sites for hydroxylation is 1. The Hall–Kier alpha value is -0.830. The average Bonchev–Trinajstić information content (AvgIpc) is 2.85. The normalized spacial score (nSPS) is 16.8. The molecule has 0 saturated heterocycles. The van der Waals surface area contributed by atoms with Crippen molar-refractivity contribution in [3.63, 3.8) is 0 Å². The van der Waals surface area contributed by atoms with Crippen molar-refractivity contribution >= 4 is 0 Å². The quantitative estimate of drug-likeness (QED) is 0.732. The van der Waals surface area contributed by atoms with Crippen LogP contribution in [-0.4, -0.2) is 9.78 Å². The maximum atomic E-state index is 5.53. The second-order valence-corrected chi connectivity index (χ2v) is 3.35. The molecule has 0 amide bonds. The maximum absolute atomic E-state index is 5.53. The molecule has 1 aromatic heterocycles. The monoisotopic (exact) mass is 165 g/mol. The number of hydrogen-bond acceptors (Lipinski definition) is 2. The molecule has 1 fully saturated rings. The molecule has 0 atom stereocenters. The molecule has 0 radical (unpaired) electrons. The van der Waals surface area contributed by atoms with Crippen molar-refractivity contribution in [3.8, 4) is 0 Å². The summed E-state index contributed by atoms with van der Waals surface area (Å²) >= 11 is 0. The van der Waals surface area contributed by atoms with Gasteiger partial charge in [0, 0.05) is 24.7 Å². The van der Waals surface area contributed by atoms with Gasteiger partial charge in [0.1, 0.15) is 0 Å². The van der Waals surface area contributed by atoms with E-state index in [0.717, 1.165) is 18.2 Å². The van der Waals surface area contributed by atoms with Crippen LogP contribution in [0.2, 0.25) is 0 Å². The van der Waals surface area contributed by atoms with E-state index in [1.54, 1.807) is 0 Å². The molecule has 1 aliphatic rings. The van der Waals surface area contributed by atoms with Gasteiger partial charge in [-0.3, -0.25) is 4.68 Å². The summed E-state index contributed by atoms with van der Waals surface area (Å²) < 4.78 is 2.08. The first-order valence-corrected chi connectivity index (χ1v) is 4.61. The summed E-state index contributed by atoms with van der Waals surface area (Å²) in [6.07, 6.45) is 2.66. The van der Waals surface area contributed by atoms with E-state index in [0.29, 0.717) is 6.54 Å². The van der Waals surface area contributed by atoms with Gasteiger partial charge in [0.25, 0.3) is 0 Å². The molecule has 1 aliphatic carbocycles. The van der Waals surface area contributed by atoms with Crippen LogP contribution in [0.5, 0.6) is 0 Å². The fourth-order valence-corrected chi connectivity index (χ4v) is 1.55. The Morgan fingerprint density at radius 2 is 2.42 bits per heavy atom. The van der Waals surface area contributed by atoms with E-state index in [1.807, 2.05) is 0 Å². The Labute approximate surface area is 72.6 Å². The standard InChI is InChI=1S/C9H15N3/c1-2-12-9(7-3-4-7)5-8(6-10)11-12/h5,7H,2-4,6,10H2,1H3. The van der Waals surface area contributed by atoms with E-state index >= 15 is 0 Å². The SMILES string of the molecule is CCn1nc(CN)cc1C1CC1. The number of rotatable bonds is 3.